The number of esters is 1. The van der Waals surface area contributed by atoms with E-state index in [0.29, 0.717) is 17.6 Å². The molecular weight excluding hydrogens is 234 g/mol. The molecule has 0 saturated carbocycles. The van der Waals surface area contributed by atoms with E-state index in [4.69, 9.17) is 4.74 Å². The Morgan fingerprint density at radius 3 is 2.94 bits per heavy atom. The first kappa shape index (κ1) is 12.3. The van der Waals surface area contributed by atoms with Crippen molar-refractivity contribution in [3.05, 3.63) is 22.3 Å². The van der Waals surface area contributed by atoms with Crippen LogP contribution in [0.25, 0.3) is 0 Å². The molecule has 2 aliphatic rings. The molecule has 0 fully saturated rings. The number of carbonyl (C=O) groups excluding carboxylic acids is 1. The minimum absolute atomic E-state index is 0.342. The van der Waals surface area contributed by atoms with Crippen LogP contribution in [0.2, 0.25) is 0 Å². The highest BCUT2D eigenvalue weighted by Gasteiger charge is 2.25. The number of thioether (sulfide) groups is 1. The molecule has 0 spiro atoms. The number of hydrogen-bond acceptors (Lipinski definition) is 4. The predicted molar refractivity (Wildman–Crippen MR) is 67.5 cm³/mol. The normalized spacial score (nSPS) is 20.5. The van der Waals surface area contributed by atoms with Gasteiger partial charge in [0.25, 0.3) is 0 Å². The van der Waals surface area contributed by atoms with Gasteiger partial charge in [0.15, 0.2) is 0 Å². The van der Waals surface area contributed by atoms with Crippen LogP contribution in [-0.4, -0.2) is 24.6 Å². The van der Waals surface area contributed by atoms with Crippen LogP contribution in [0.3, 0.4) is 0 Å². The fraction of sp³-hybridized carbons (Fsp3) is 0.538. The van der Waals surface area contributed by atoms with Crippen LogP contribution in [0.15, 0.2) is 22.3 Å². The van der Waals surface area contributed by atoms with E-state index >= 15 is 0 Å². The molecule has 0 unspecified atom stereocenters. The summed E-state index contributed by atoms with van der Waals surface area (Å²) >= 11 is 1.84. The minimum Gasteiger partial charge on any atom is -0.466 e. The average Bonchev–Trinajstić information content (AvgIpc) is 2.56. The summed E-state index contributed by atoms with van der Waals surface area (Å²) in [6, 6.07) is 2.22. The molecule has 0 bridgehead atoms. The maximum absolute atomic E-state index is 11.7. The van der Waals surface area contributed by atoms with Gasteiger partial charge in [-0.1, -0.05) is 5.57 Å². The van der Waals surface area contributed by atoms with Crippen molar-refractivity contribution >= 4 is 17.7 Å². The van der Waals surface area contributed by atoms with E-state index in [-0.39, 0.29) is 5.97 Å². The molecule has 0 atom stereocenters. The van der Waals surface area contributed by atoms with E-state index in [0.717, 1.165) is 36.3 Å². The first-order chi connectivity index (χ1) is 8.27. The van der Waals surface area contributed by atoms with Crippen LogP contribution in [0.5, 0.6) is 0 Å². The van der Waals surface area contributed by atoms with Crippen LogP contribution >= 0.6 is 11.8 Å². The standard InChI is InChI=1S/C13H15NO2S/c1-16-13(15)10-4-2-3-9-5-6-17-8-12(9)11(10)7-14/h2-6,8H2,1H3. The van der Waals surface area contributed by atoms with Crippen LogP contribution in [0, 0.1) is 11.3 Å². The Bertz CT molecular complexity index is 443. The number of hydrogen-bond donors (Lipinski definition) is 0. The topological polar surface area (TPSA) is 50.1 Å². The highest BCUT2D eigenvalue weighted by molar-refractivity contribution is 7.99. The van der Waals surface area contributed by atoms with E-state index in [1.165, 1.54) is 12.7 Å². The molecule has 0 aromatic rings. The van der Waals surface area contributed by atoms with Crippen molar-refractivity contribution in [1.29, 1.82) is 5.26 Å². The minimum atomic E-state index is -0.342. The number of carbonyl (C=O) groups is 1. The van der Waals surface area contributed by atoms with Crippen molar-refractivity contribution in [2.24, 2.45) is 0 Å². The summed E-state index contributed by atoms with van der Waals surface area (Å²) in [5, 5.41) is 9.31. The lowest BCUT2D eigenvalue weighted by Crippen LogP contribution is -2.10. The fourth-order valence-electron chi connectivity index (χ4n) is 2.40. The van der Waals surface area contributed by atoms with E-state index in [1.54, 1.807) is 0 Å². The van der Waals surface area contributed by atoms with Crippen molar-refractivity contribution in [1.82, 2.24) is 0 Å². The molecule has 0 radical (unpaired) electrons. The molecular formula is C13H15NO2S. The summed E-state index contributed by atoms with van der Waals surface area (Å²) in [7, 11) is 1.38. The number of nitriles is 1. The molecule has 1 aliphatic heterocycles. The maximum Gasteiger partial charge on any atom is 0.335 e. The highest BCUT2D eigenvalue weighted by Crippen LogP contribution is 2.36. The summed E-state index contributed by atoms with van der Waals surface area (Å²) in [6.45, 7) is 0. The zero-order valence-corrected chi connectivity index (χ0v) is 10.7. The molecule has 1 heterocycles. The first-order valence-electron chi connectivity index (χ1n) is 5.78. The van der Waals surface area contributed by atoms with Crippen LogP contribution in [0.1, 0.15) is 25.7 Å². The third-order valence-corrected chi connectivity index (χ3v) is 4.26. The van der Waals surface area contributed by atoms with Gasteiger partial charge in [-0.25, -0.2) is 4.79 Å². The first-order valence-corrected chi connectivity index (χ1v) is 6.94. The van der Waals surface area contributed by atoms with Crippen molar-refractivity contribution < 1.29 is 9.53 Å². The Morgan fingerprint density at radius 2 is 2.24 bits per heavy atom. The molecule has 1 aliphatic carbocycles. The molecule has 90 valence electrons. The summed E-state index contributed by atoms with van der Waals surface area (Å²) < 4.78 is 4.78. The van der Waals surface area contributed by atoms with E-state index < -0.39 is 0 Å². The monoisotopic (exact) mass is 249 g/mol. The number of nitrogens with zero attached hydrogens (tertiary/aromatic N) is 1. The molecule has 3 nitrogen and oxygen atoms in total. The Labute approximate surface area is 106 Å². The molecule has 0 aromatic carbocycles. The number of methoxy groups -OCH3 is 1. The highest BCUT2D eigenvalue weighted by atomic mass is 32.2. The Balaban J connectivity index is 2.48. The lowest BCUT2D eigenvalue weighted by Gasteiger charge is -2.18. The summed E-state index contributed by atoms with van der Waals surface area (Å²) in [5.74, 6) is 1.65. The van der Waals surface area contributed by atoms with E-state index in [2.05, 4.69) is 6.07 Å². The maximum atomic E-state index is 11.7. The molecule has 17 heavy (non-hydrogen) atoms. The Kier molecular flexibility index (Phi) is 3.90. The summed E-state index contributed by atoms with van der Waals surface area (Å²) in [5.41, 5.74) is 3.62. The lowest BCUT2D eigenvalue weighted by atomic mass is 9.97. The second-order valence-corrected chi connectivity index (χ2v) is 5.30. The molecule has 0 aromatic heterocycles. The largest absolute Gasteiger partial charge is 0.466 e. The van der Waals surface area contributed by atoms with Gasteiger partial charge in [-0.05, 0) is 37.0 Å². The second kappa shape index (κ2) is 5.42. The third kappa shape index (κ3) is 2.39. The van der Waals surface area contributed by atoms with E-state index in [9.17, 15) is 10.1 Å². The van der Waals surface area contributed by atoms with Crippen LogP contribution < -0.4 is 0 Å². The molecule has 0 N–H and O–H groups in total. The summed E-state index contributed by atoms with van der Waals surface area (Å²) in [6.07, 6.45) is 3.67. The van der Waals surface area contributed by atoms with Crippen LogP contribution in [-0.2, 0) is 9.53 Å². The second-order valence-electron chi connectivity index (χ2n) is 4.20. The lowest BCUT2D eigenvalue weighted by molar-refractivity contribution is -0.136. The Morgan fingerprint density at radius 1 is 1.41 bits per heavy atom. The van der Waals surface area contributed by atoms with Crippen LogP contribution in [0.4, 0.5) is 0 Å². The van der Waals surface area contributed by atoms with Gasteiger partial charge in [0.2, 0.25) is 0 Å². The van der Waals surface area contributed by atoms with Gasteiger partial charge >= 0.3 is 5.97 Å². The number of ether oxygens (including phenoxy) is 1. The zero-order valence-electron chi connectivity index (χ0n) is 9.91. The molecule has 0 saturated heterocycles. The van der Waals surface area contributed by atoms with Gasteiger partial charge in [-0.15, -0.1) is 0 Å². The van der Waals surface area contributed by atoms with Gasteiger partial charge in [-0.3, -0.25) is 0 Å². The van der Waals surface area contributed by atoms with Crippen molar-refractivity contribution in [3.8, 4) is 6.07 Å². The van der Waals surface area contributed by atoms with Gasteiger partial charge in [0.1, 0.15) is 6.07 Å². The van der Waals surface area contributed by atoms with Gasteiger partial charge in [0, 0.05) is 5.75 Å². The molecule has 4 heteroatoms. The number of allylic oxidation sites excluding steroid dienone is 2. The van der Waals surface area contributed by atoms with Crippen molar-refractivity contribution in [3.63, 3.8) is 0 Å². The van der Waals surface area contributed by atoms with Crippen molar-refractivity contribution in [2.45, 2.75) is 25.7 Å². The summed E-state index contributed by atoms with van der Waals surface area (Å²) in [4.78, 5) is 11.7. The predicted octanol–water partition coefficient (Wildman–Crippen LogP) is 2.60. The molecule has 0 amide bonds. The molecule has 2 rings (SSSR count). The average molecular weight is 249 g/mol. The zero-order chi connectivity index (χ0) is 12.3. The fourth-order valence-corrected chi connectivity index (χ4v) is 3.48. The Hall–Kier alpha value is -1.21. The third-order valence-electron chi connectivity index (χ3n) is 3.27. The van der Waals surface area contributed by atoms with Gasteiger partial charge in [-0.2, -0.15) is 17.0 Å². The van der Waals surface area contributed by atoms with E-state index in [1.807, 2.05) is 11.8 Å². The SMILES string of the molecule is COC(=O)C1=C(C#N)C2=C(CCC1)CCSC2. The van der Waals surface area contributed by atoms with Crippen molar-refractivity contribution in [2.75, 3.05) is 18.6 Å². The smallest absolute Gasteiger partial charge is 0.335 e. The van der Waals surface area contributed by atoms with Gasteiger partial charge in [0.05, 0.1) is 18.3 Å². The number of rotatable bonds is 1. The quantitative estimate of drug-likeness (QED) is 0.670. The van der Waals surface area contributed by atoms with Gasteiger partial charge < -0.3 is 4.74 Å².